The van der Waals surface area contributed by atoms with Gasteiger partial charge in [0.2, 0.25) is 0 Å². The topological polar surface area (TPSA) is 38.1 Å². The predicted octanol–water partition coefficient (Wildman–Crippen LogP) is 3.24. The average Bonchev–Trinajstić information content (AvgIpc) is 3.19. The first-order chi connectivity index (χ1) is 11.6. The molecule has 4 heteroatoms. The third kappa shape index (κ3) is 2.74. The number of fused-ring (bicyclic) bond motifs is 1. The summed E-state index contributed by atoms with van der Waals surface area (Å²) in [6.45, 7) is 3.66. The van der Waals surface area contributed by atoms with Crippen molar-refractivity contribution >= 4 is 5.91 Å². The van der Waals surface area contributed by atoms with Crippen molar-refractivity contribution in [2.45, 2.75) is 44.9 Å². The van der Waals surface area contributed by atoms with E-state index in [-0.39, 0.29) is 5.91 Å². The minimum atomic E-state index is 0.181. The van der Waals surface area contributed by atoms with E-state index in [1.54, 1.807) is 0 Å². The van der Waals surface area contributed by atoms with Gasteiger partial charge in [0, 0.05) is 37.8 Å². The summed E-state index contributed by atoms with van der Waals surface area (Å²) in [7, 11) is 2.05. The Kier molecular flexibility index (Phi) is 3.91. The smallest absolute Gasteiger partial charge is 0.253 e. The number of nitrogens with zero attached hydrogens (tertiary/aromatic N) is 3. The first-order valence-corrected chi connectivity index (χ1v) is 9.03. The van der Waals surface area contributed by atoms with Crippen molar-refractivity contribution < 1.29 is 4.79 Å². The van der Waals surface area contributed by atoms with E-state index in [9.17, 15) is 4.79 Å². The highest BCUT2D eigenvalue weighted by Gasteiger charge is 2.28. The van der Waals surface area contributed by atoms with Crippen LogP contribution in [0.25, 0.3) is 0 Å². The van der Waals surface area contributed by atoms with Crippen LogP contribution in [0, 0.1) is 6.92 Å². The van der Waals surface area contributed by atoms with Crippen LogP contribution in [-0.2, 0) is 19.9 Å². The number of carbonyl (C=O) groups excluding carboxylic acids is 1. The monoisotopic (exact) mass is 323 g/mol. The fourth-order valence-corrected chi connectivity index (χ4v) is 4.27. The first kappa shape index (κ1) is 15.4. The van der Waals surface area contributed by atoms with Gasteiger partial charge in [-0.3, -0.25) is 4.79 Å². The Hall–Kier alpha value is -2.10. The summed E-state index contributed by atoms with van der Waals surface area (Å²) in [5.41, 5.74) is 4.70. The summed E-state index contributed by atoms with van der Waals surface area (Å²) in [6, 6.07) is 6.29. The van der Waals surface area contributed by atoms with Crippen molar-refractivity contribution in [3.05, 3.63) is 52.6 Å². The molecule has 1 atom stereocenters. The lowest BCUT2D eigenvalue weighted by atomic mass is 9.96. The molecule has 2 aliphatic rings. The van der Waals surface area contributed by atoms with Crippen LogP contribution in [0.3, 0.4) is 0 Å². The molecule has 1 aromatic carbocycles. The second kappa shape index (κ2) is 6.08. The number of benzene rings is 1. The Morgan fingerprint density at radius 3 is 2.83 bits per heavy atom. The molecule has 2 heterocycles. The number of hydrogen-bond donors (Lipinski definition) is 0. The van der Waals surface area contributed by atoms with Gasteiger partial charge < -0.3 is 9.47 Å². The molecule has 0 bridgehead atoms. The van der Waals surface area contributed by atoms with E-state index in [0.29, 0.717) is 5.92 Å². The molecular formula is C20H25N3O. The second-order valence-corrected chi connectivity index (χ2v) is 7.28. The van der Waals surface area contributed by atoms with Crippen molar-refractivity contribution in [2.75, 3.05) is 13.1 Å². The van der Waals surface area contributed by atoms with Crippen LogP contribution in [0.4, 0.5) is 0 Å². The van der Waals surface area contributed by atoms with Crippen LogP contribution in [0.15, 0.2) is 24.4 Å². The van der Waals surface area contributed by atoms with Gasteiger partial charge in [-0.1, -0.05) is 6.07 Å². The Morgan fingerprint density at radius 2 is 2.04 bits per heavy atom. The van der Waals surface area contributed by atoms with Gasteiger partial charge in [0.1, 0.15) is 5.82 Å². The first-order valence-electron chi connectivity index (χ1n) is 9.03. The van der Waals surface area contributed by atoms with Crippen LogP contribution < -0.4 is 0 Å². The molecule has 4 rings (SSSR count). The van der Waals surface area contributed by atoms with Crippen LogP contribution in [0.5, 0.6) is 0 Å². The minimum Gasteiger partial charge on any atom is -0.338 e. The lowest BCUT2D eigenvalue weighted by molar-refractivity contribution is 0.0703. The van der Waals surface area contributed by atoms with E-state index in [2.05, 4.69) is 34.9 Å². The molecule has 1 unspecified atom stereocenters. The Bertz CT molecular complexity index is 777. The molecule has 0 N–H and O–H groups in total. The van der Waals surface area contributed by atoms with E-state index in [0.717, 1.165) is 55.9 Å². The number of hydrogen-bond acceptors (Lipinski definition) is 2. The van der Waals surface area contributed by atoms with Crippen molar-refractivity contribution in [1.29, 1.82) is 0 Å². The maximum atomic E-state index is 13.0. The molecule has 1 fully saturated rings. The summed E-state index contributed by atoms with van der Waals surface area (Å²) in [5.74, 6) is 1.63. The van der Waals surface area contributed by atoms with Gasteiger partial charge >= 0.3 is 0 Å². The molecule has 24 heavy (non-hydrogen) atoms. The number of aromatic nitrogens is 2. The number of piperidine rings is 1. The zero-order valence-corrected chi connectivity index (χ0v) is 14.6. The fourth-order valence-electron chi connectivity index (χ4n) is 4.27. The summed E-state index contributed by atoms with van der Waals surface area (Å²) >= 11 is 0. The highest BCUT2D eigenvalue weighted by atomic mass is 16.2. The molecule has 1 aliphatic heterocycles. The van der Waals surface area contributed by atoms with Crippen LogP contribution in [0.2, 0.25) is 0 Å². The van der Waals surface area contributed by atoms with Crippen molar-refractivity contribution in [2.24, 2.45) is 7.05 Å². The van der Waals surface area contributed by atoms with Crippen LogP contribution in [-0.4, -0.2) is 33.4 Å². The largest absolute Gasteiger partial charge is 0.338 e. The van der Waals surface area contributed by atoms with Gasteiger partial charge in [-0.2, -0.15) is 0 Å². The highest BCUT2D eigenvalue weighted by molar-refractivity contribution is 5.94. The normalized spacial score (nSPS) is 20.2. The number of amides is 1. The number of carbonyl (C=O) groups is 1. The molecule has 0 saturated carbocycles. The molecule has 0 spiro atoms. The summed E-state index contributed by atoms with van der Waals surface area (Å²) in [5, 5.41) is 0. The van der Waals surface area contributed by atoms with Crippen molar-refractivity contribution in [1.82, 2.24) is 14.5 Å². The number of imidazole rings is 1. The second-order valence-electron chi connectivity index (χ2n) is 7.28. The molecule has 1 amide bonds. The number of likely N-dealkylation sites (tertiary alicyclic amines) is 1. The summed E-state index contributed by atoms with van der Waals surface area (Å²) in [6.07, 6.45) is 7.72. The van der Waals surface area contributed by atoms with E-state index < -0.39 is 0 Å². The van der Waals surface area contributed by atoms with Gasteiger partial charge in [-0.15, -0.1) is 0 Å². The van der Waals surface area contributed by atoms with E-state index in [4.69, 9.17) is 0 Å². The van der Waals surface area contributed by atoms with Gasteiger partial charge in [0.15, 0.2) is 0 Å². The van der Waals surface area contributed by atoms with E-state index in [1.165, 1.54) is 17.5 Å². The molecular weight excluding hydrogens is 298 g/mol. The molecule has 2 aromatic rings. The summed E-state index contributed by atoms with van der Waals surface area (Å²) < 4.78 is 2.11. The zero-order valence-electron chi connectivity index (χ0n) is 14.6. The number of rotatable bonds is 2. The van der Waals surface area contributed by atoms with Gasteiger partial charge in [0.25, 0.3) is 5.91 Å². The van der Waals surface area contributed by atoms with Crippen LogP contribution in [0.1, 0.15) is 58.2 Å². The number of aryl methyl sites for hydroxylation is 4. The maximum absolute atomic E-state index is 13.0. The third-order valence-electron chi connectivity index (χ3n) is 5.45. The molecule has 1 aliphatic carbocycles. The standard InChI is InChI=1S/C20H25N3O/c1-14-12-22(2)19(21-14)18-7-4-10-23(13-18)20(24)17-9-8-15-5-3-6-16(15)11-17/h8-9,11-12,18H,3-7,10,13H2,1-2H3. The molecule has 0 radical (unpaired) electrons. The zero-order chi connectivity index (χ0) is 16.7. The van der Waals surface area contributed by atoms with Gasteiger partial charge in [-0.25, -0.2) is 4.98 Å². The predicted molar refractivity (Wildman–Crippen MR) is 94.3 cm³/mol. The highest BCUT2D eigenvalue weighted by Crippen LogP contribution is 2.28. The van der Waals surface area contributed by atoms with Crippen molar-refractivity contribution in [3.8, 4) is 0 Å². The third-order valence-corrected chi connectivity index (χ3v) is 5.45. The van der Waals surface area contributed by atoms with Crippen molar-refractivity contribution in [3.63, 3.8) is 0 Å². The van der Waals surface area contributed by atoms with E-state index >= 15 is 0 Å². The Labute approximate surface area is 143 Å². The minimum absolute atomic E-state index is 0.181. The van der Waals surface area contributed by atoms with E-state index in [1.807, 2.05) is 17.9 Å². The lowest BCUT2D eigenvalue weighted by Crippen LogP contribution is -2.39. The fraction of sp³-hybridized carbons (Fsp3) is 0.500. The molecule has 4 nitrogen and oxygen atoms in total. The lowest BCUT2D eigenvalue weighted by Gasteiger charge is -2.32. The molecule has 126 valence electrons. The van der Waals surface area contributed by atoms with Gasteiger partial charge in [0.05, 0.1) is 5.69 Å². The SMILES string of the molecule is Cc1cn(C)c(C2CCCN(C(=O)c3ccc4c(c3)CCC4)C2)n1. The quantitative estimate of drug-likeness (QED) is 0.851. The average molecular weight is 323 g/mol. The maximum Gasteiger partial charge on any atom is 0.253 e. The van der Waals surface area contributed by atoms with Crippen LogP contribution >= 0.6 is 0 Å². The molecule has 1 saturated heterocycles. The Morgan fingerprint density at radius 1 is 1.21 bits per heavy atom. The van der Waals surface area contributed by atoms with Gasteiger partial charge in [-0.05, 0) is 62.3 Å². The molecule has 1 aromatic heterocycles. The Balaban J connectivity index is 1.53. The summed E-state index contributed by atoms with van der Waals surface area (Å²) in [4.78, 5) is 19.7.